The fraction of sp³-hybridized carbons (Fsp3) is 0.556. The van der Waals surface area contributed by atoms with E-state index in [-0.39, 0.29) is 12.5 Å². The average Bonchev–Trinajstić information content (AvgIpc) is 2.43. The zero-order valence-electron chi connectivity index (χ0n) is 7.08. The van der Waals surface area contributed by atoms with Gasteiger partial charge in [-0.3, -0.25) is 0 Å². The van der Waals surface area contributed by atoms with Crippen LogP contribution in [0.15, 0.2) is 24.1 Å². The van der Waals surface area contributed by atoms with Crippen molar-refractivity contribution in [2.24, 2.45) is 5.92 Å². The van der Waals surface area contributed by atoms with Crippen molar-refractivity contribution in [3.8, 4) is 0 Å². The maximum Gasteiger partial charge on any atom is 0.111 e. The van der Waals surface area contributed by atoms with Crippen LogP contribution in [0.5, 0.6) is 0 Å². The van der Waals surface area contributed by atoms with E-state index in [0.717, 1.165) is 12.1 Å². The third-order valence-electron chi connectivity index (χ3n) is 2.11. The van der Waals surface area contributed by atoms with Gasteiger partial charge >= 0.3 is 0 Å². The fourth-order valence-electron chi connectivity index (χ4n) is 1.44. The minimum Gasteiger partial charge on any atom is -0.511 e. The van der Waals surface area contributed by atoms with Crippen LogP contribution in [-0.4, -0.2) is 23.4 Å². The number of aliphatic hydroxyl groups is 2. The number of nitrogens with one attached hydrogen (secondary N) is 1. The zero-order chi connectivity index (χ0) is 8.97. The van der Waals surface area contributed by atoms with Crippen molar-refractivity contribution in [2.75, 3.05) is 13.2 Å². The third-order valence-corrected chi connectivity index (χ3v) is 2.11. The monoisotopic (exact) mass is 169 g/mol. The number of hydrogen-bond acceptors (Lipinski definition) is 3. The summed E-state index contributed by atoms with van der Waals surface area (Å²) in [6.45, 7) is 4.30. The maximum atomic E-state index is 9.39. The van der Waals surface area contributed by atoms with Gasteiger partial charge in [0.1, 0.15) is 5.76 Å². The molecule has 0 bridgehead atoms. The molecule has 12 heavy (non-hydrogen) atoms. The van der Waals surface area contributed by atoms with Crippen molar-refractivity contribution in [1.82, 2.24) is 5.32 Å². The summed E-state index contributed by atoms with van der Waals surface area (Å²) in [6.07, 6.45) is 3.24. The molecule has 0 saturated carbocycles. The molecule has 3 heteroatoms. The predicted molar refractivity (Wildman–Crippen MR) is 47.7 cm³/mol. The van der Waals surface area contributed by atoms with E-state index < -0.39 is 0 Å². The second kappa shape index (κ2) is 4.16. The van der Waals surface area contributed by atoms with E-state index in [0.29, 0.717) is 18.7 Å². The van der Waals surface area contributed by atoms with Gasteiger partial charge in [0.25, 0.3) is 0 Å². The smallest absolute Gasteiger partial charge is 0.111 e. The molecule has 0 radical (unpaired) electrons. The lowest BCUT2D eigenvalue weighted by Crippen LogP contribution is -2.20. The minimum atomic E-state index is 0.0879. The zero-order valence-corrected chi connectivity index (χ0v) is 7.08. The van der Waals surface area contributed by atoms with Gasteiger partial charge in [0.15, 0.2) is 0 Å². The largest absolute Gasteiger partial charge is 0.511 e. The van der Waals surface area contributed by atoms with E-state index in [9.17, 15) is 5.11 Å². The second-order valence-electron chi connectivity index (χ2n) is 2.95. The molecule has 0 aromatic rings. The maximum absolute atomic E-state index is 9.39. The summed E-state index contributed by atoms with van der Waals surface area (Å²) < 4.78 is 0. The molecule has 1 rings (SSSR count). The molecule has 0 spiro atoms. The Kier molecular flexibility index (Phi) is 3.17. The molecule has 0 saturated heterocycles. The van der Waals surface area contributed by atoms with Crippen LogP contribution >= 0.6 is 0 Å². The Bertz CT molecular complexity index is 199. The Morgan fingerprint density at radius 3 is 3.00 bits per heavy atom. The molecule has 0 aromatic heterocycles. The van der Waals surface area contributed by atoms with Crippen molar-refractivity contribution in [3.63, 3.8) is 0 Å². The van der Waals surface area contributed by atoms with Gasteiger partial charge in [-0.1, -0.05) is 6.08 Å². The highest BCUT2D eigenvalue weighted by molar-refractivity contribution is 5.16. The van der Waals surface area contributed by atoms with Crippen molar-refractivity contribution in [2.45, 2.75) is 12.8 Å². The van der Waals surface area contributed by atoms with Crippen LogP contribution in [0.1, 0.15) is 12.8 Å². The number of allylic oxidation sites excluding steroid dienone is 1. The molecule has 0 amide bonds. The summed E-state index contributed by atoms with van der Waals surface area (Å²) in [7, 11) is 0. The van der Waals surface area contributed by atoms with Crippen LogP contribution in [0, 0.1) is 5.92 Å². The summed E-state index contributed by atoms with van der Waals surface area (Å²) in [6, 6.07) is 0. The lowest BCUT2D eigenvalue weighted by molar-refractivity contribution is 0.242. The molecule has 0 aliphatic heterocycles. The standard InChI is InChI=1S/C9H15NO2/c1-2-5-10-9-7(6-11)3-4-8(9)12/h2,7,10-12H,1,3-6H2. The van der Waals surface area contributed by atoms with Crippen molar-refractivity contribution in [1.29, 1.82) is 0 Å². The van der Waals surface area contributed by atoms with Crippen LogP contribution in [0.3, 0.4) is 0 Å². The lowest BCUT2D eigenvalue weighted by atomic mass is 10.1. The van der Waals surface area contributed by atoms with E-state index in [1.807, 2.05) is 0 Å². The molecular weight excluding hydrogens is 154 g/mol. The first kappa shape index (κ1) is 9.13. The highest BCUT2D eigenvalue weighted by atomic mass is 16.3. The molecule has 1 unspecified atom stereocenters. The van der Waals surface area contributed by atoms with Crippen LogP contribution < -0.4 is 5.32 Å². The van der Waals surface area contributed by atoms with Gasteiger partial charge in [0, 0.05) is 18.9 Å². The molecule has 0 aromatic carbocycles. The van der Waals surface area contributed by atoms with E-state index in [2.05, 4.69) is 11.9 Å². The molecule has 1 atom stereocenters. The van der Waals surface area contributed by atoms with Crippen molar-refractivity contribution >= 4 is 0 Å². The Hall–Kier alpha value is -0.960. The van der Waals surface area contributed by atoms with Gasteiger partial charge in [0.05, 0.1) is 12.3 Å². The van der Waals surface area contributed by atoms with Gasteiger partial charge in [-0.15, -0.1) is 6.58 Å². The second-order valence-corrected chi connectivity index (χ2v) is 2.95. The van der Waals surface area contributed by atoms with Crippen LogP contribution in [0.2, 0.25) is 0 Å². The summed E-state index contributed by atoms with van der Waals surface area (Å²) in [4.78, 5) is 0. The molecule has 3 N–H and O–H groups in total. The number of aliphatic hydroxyl groups excluding tert-OH is 2. The predicted octanol–water partition coefficient (Wildman–Crippen LogP) is 0.934. The number of hydrogen-bond donors (Lipinski definition) is 3. The highest BCUT2D eigenvalue weighted by Crippen LogP contribution is 2.27. The molecule has 1 aliphatic carbocycles. The first-order valence-electron chi connectivity index (χ1n) is 4.17. The van der Waals surface area contributed by atoms with Gasteiger partial charge in [-0.05, 0) is 6.42 Å². The normalized spacial score (nSPS) is 22.9. The van der Waals surface area contributed by atoms with Gasteiger partial charge < -0.3 is 15.5 Å². The van der Waals surface area contributed by atoms with E-state index in [4.69, 9.17) is 5.11 Å². The van der Waals surface area contributed by atoms with E-state index >= 15 is 0 Å². The summed E-state index contributed by atoms with van der Waals surface area (Å²) >= 11 is 0. The molecule has 1 aliphatic rings. The molecule has 0 fully saturated rings. The van der Waals surface area contributed by atoms with E-state index in [1.54, 1.807) is 6.08 Å². The van der Waals surface area contributed by atoms with Crippen LogP contribution in [0.25, 0.3) is 0 Å². The van der Waals surface area contributed by atoms with Gasteiger partial charge in [0.2, 0.25) is 0 Å². The Labute approximate surface area is 72.4 Å². The van der Waals surface area contributed by atoms with Crippen molar-refractivity contribution in [3.05, 3.63) is 24.1 Å². The molecule has 0 heterocycles. The Morgan fingerprint density at radius 1 is 1.67 bits per heavy atom. The average molecular weight is 169 g/mol. The Balaban J connectivity index is 2.55. The molecule has 3 nitrogen and oxygen atoms in total. The quantitative estimate of drug-likeness (QED) is 0.549. The third kappa shape index (κ3) is 1.80. The topological polar surface area (TPSA) is 52.5 Å². The van der Waals surface area contributed by atoms with E-state index in [1.165, 1.54) is 0 Å². The SMILES string of the molecule is C=CCNC1=C(O)CCC1CO. The Morgan fingerprint density at radius 2 is 2.42 bits per heavy atom. The highest BCUT2D eigenvalue weighted by Gasteiger charge is 2.23. The van der Waals surface area contributed by atoms with Crippen molar-refractivity contribution < 1.29 is 10.2 Å². The van der Waals surface area contributed by atoms with Gasteiger partial charge in [-0.25, -0.2) is 0 Å². The minimum absolute atomic E-state index is 0.0879. The summed E-state index contributed by atoms with van der Waals surface area (Å²) in [5.41, 5.74) is 0.789. The fourth-order valence-corrected chi connectivity index (χ4v) is 1.44. The van der Waals surface area contributed by atoms with Crippen LogP contribution in [0.4, 0.5) is 0 Å². The van der Waals surface area contributed by atoms with Crippen LogP contribution in [-0.2, 0) is 0 Å². The summed E-state index contributed by atoms with van der Waals surface area (Å²) in [5.74, 6) is 0.473. The summed E-state index contributed by atoms with van der Waals surface area (Å²) in [5, 5.41) is 21.4. The molecule has 68 valence electrons. The first-order chi connectivity index (χ1) is 5.79. The number of rotatable bonds is 4. The first-order valence-corrected chi connectivity index (χ1v) is 4.17. The lowest BCUT2D eigenvalue weighted by Gasteiger charge is -2.12. The van der Waals surface area contributed by atoms with Gasteiger partial charge in [-0.2, -0.15) is 0 Å². The molecular formula is C9H15NO2.